The number of amides is 1. The molecule has 1 amide bonds. The van der Waals surface area contributed by atoms with E-state index < -0.39 is 49.5 Å². The van der Waals surface area contributed by atoms with Crippen LogP contribution in [-0.4, -0.2) is 77.0 Å². The third kappa shape index (κ3) is 3.28. The van der Waals surface area contributed by atoms with Gasteiger partial charge in [-0.2, -0.15) is 0 Å². The van der Waals surface area contributed by atoms with Gasteiger partial charge in [-0.3, -0.25) is 0 Å². The van der Waals surface area contributed by atoms with Gasteiger partial charge in [0.1, 0.15) is 37.1 Å². The summed E-state index contributed by atoms with van der Waals surface area (Å²) in [5.41, 5.74) is 4.72. The molecule has 1 heterocycles. The summed E-state index contributed by atoms with van der Waals surface area (Å²) < 4.78 is 14.2. The lowest BCUT2D eigenvalue weighted by Gasteiger charge is -2.41. The number of hydrogen-bond donors (Lipinski definition) is 5. The number of carbonyl (C=O) groups is 1. The third-order valence-corrected chi connectivity index (χ3v) is 2.61. The highest BCUT2D eigenvalue weighted by molar-refractivity contribution is 5.64. The van der Waals surface area contributed by atoms with Crippen LogP contribution >= 0.6 is 0 Å². The van der Waals surface area contributed by atoms with Gasteiger partial charge in [-0.05, 0) is 0 Å². The van der Waals surface area contributed by atoms with Crippen LogP contribution < -0.4 is 5.73 Å². The zero-order valence-electron chi connectivity index (χ0n) is 9.67. The lowest BCUT2D eigenvalue weighted by Crippen LogP contribution is -2.61. The molecule has 0 saturated carbocycles. The van der Waals surface area contributed by atoms with Crippen LogP contribution in [0.1, 0.15) is 0 Å². The molecule has 106 valence electrons. The fraction of sp³-hybridized carbons (Fsp3) is 0.889. The van der Waals surface area contributed by atoms with Gasteiger partial charge in [0, 0.05) is 7.11 Å². The van der Waals surface area contributed by atoms with Gasteiger partial charge in [-0.25, -0.2) is 4.79 Å². The smallest absolute Gasteiger partial charge is 0.404 e. The van der Waals surface area contributed by atoms with Gasteiger partial charge >= 0.3 is 6.09 Å². The number of aliphatic hydroxyl groups excluding tert-OH is 4. The molecule has 6 N–H and O–H groups in total. The number of primary amides is 1. The second-order valence-corrected chi connectivity index (χ2v) is 3.87. The Morgan fingerprint density at radius 2 is 1.94 bits per heavy atom. The van der Waals surface area contributed by atoms with Crippen LogP contribution in [0.15, 0.2) is 0 Å². The summed E-state index contributed by atoms with van der Waals surface area (Å²) >= 11 is 0. The van der Waals surface area contributed by atoms with E-state index in [0.29, 0.717) is 0 Å². The first-order valence-corrected chi connectivity index (χ1v) is 5.21. The molecule has 9 heteroatoms. The van der Waals surface area contributed by atoms with E-state index in [9.17, 15) is 25.2 Å². The standard InChI is InChI=1S/C9H17NO8/c1-16-8-6(14)4(12)5(13)7(18-8)3(11)2-17-9(10)15/h3-8,11-14H,2H2,1H3,(H2,10,15)/t3-,4-,5-,6-,7+,8?/m0/s1. The quantitative estimate of drug-likeness (QED) is 0.359. The summed E-state index contributed by atoms with van der Waals surface area (Å²) in [5.74, 6) is 0. The first-order chi connectivity index (χ1) is 8.38. The van der Waals surface area contributed by atoms with Crippen molar-refractivity contribution in [2.24, 2.45) is 5.73 Å². The molecule has 0 radical (unpaired) electrons. The maximum absolute atomic E-state index is 10.4. The molecule has 1 fully saturated rings. The first kappa shape index (κ1) is 15.1. The largest absolute Gasteiger partial charge is 0.447 e. The van der Waals surface area contributed by atoms with Crippen molar-refractivity contribution in [3.8, 4) is 0 Å². The van der Waals surface area contributed by atoms with E-state index in [1.54, 1.807) is 0 Å². The van der Waals surface area contributed by atoms with E-state index >= 15 is 0 Å². The van der Waals surface area contributed by atoms with E-state index in [1.165, 1.54) is 7.11 Å². The topological polar surface area (TPSA) is 152 Å². The minimum absolute atomic E-state index is 0.518. The van der Waals surface area contributed by atoms with Crippen molar-refractivity contribution < 1.29 is 39.4 Å². The molecule has 9 nitrogen and oxygen atoms in total. The van der Waals surface area contributed by atoms with Gasteiger partial charge in [-0.1, -0.05) is 0 Å². The Bertz CT molecular complexity index is 286. The van der Waals surface area contributed by atoms with E-state index in [2.05, 4.69) is 4.74 Å². The first-order valence-electron chi connectivity index (χ1n) is 5.21. The summed E-state index contributed by atoms with van der Waals surface area (Å²) in [6.07, 6.45) is -9.58. The molecule has 0 aromatic carbocycles. The van der Waals surface area contributed by atoms with Gasteiger partial charge in [0.15, 0.2) is 6.29 Å². The van der Waals surface area contributed by atoms with E-state index in [4.69, 9.17) is 15.2 Å². The van der Waals surface area contributed by atoms with Crippen LogP contribution in [0.3, 0.4) is 0 Å². The summed E-state index contributed by atoms with van der Waals surface area (Å²) in [7, 11) is 1.22. The molecule has 18 heavy (non-hydrogen) atoms. The average molecular weight is 267 g/mol. The van der Waals surface area contributed by atoms with Crippen molar-refractivity contribution in [1.82, 2.24) is 0 Å². The lowest BCUT2D eigenvalue weighted by molar-refractivity contribution is -0.305. The second-order valence-electron chi connectivity index (χ2n) is 3.87. The van der Waals surface area contributed by atoms with E-state index in [-0.39, 0.29) is 0 Å². The Kier molecular flexibility index (Phi) is 5.26. The maximum Gasteiger partial charge on any atom is 0.404 e. The molecule has 0 aromatic heterocycles. The predicted octanol–water partition coefficient (Wildman–Crippen LogP) is -3.10. The Balaban J connectivity index is 2.65. The molecule has 0 aliphatic carbocycles. The highest BCUT2D eigenvalue weighted by atomic mass is 16.7. The van der Waals surface area contributed by atoms with Crippen molar-refractivity contribution in [3.63, 3.8) is 0 Å². The lowest BCUT2D eigenvalue weighted by atomic mass is 9.95. The van der Waals surface area contributed by atoms with Crippen LogP contribution in [-0.2, 0) is 14.2 Å². The summed E-state index contributed by atoms with van der Waals surface area (Å²) in [6.45, 7) is -0.518. The van der Waals surface area contributed by atoms with E-state index in [0.717, 1.165) is 0 Å². The molecule has 1 saturated heterocycles. The van der Waals surface area contributed by atoms with Crippen molar-refractivity contribution in [3.05, 3.63) is 0 Å². The van der Waals surface area contributed by atoms with Gasteiger partial charge in [0.05, 0.1) is 0 Å². The molecule has 6 atom stereocenters. The zero-order valence-corrected chi connectivity index (χ0v) is 9.67. The fourth-order valence-electron chi connectivity index (χ4n) is 1.65. The Morgan fingerprint density at radius 1 is 1.33 bits per heavy atom. The molecular formula is C9H17NO8. The van der Waals surface area contributed by atoms with Crippen molar-refractivity contribution >= 4 is 6.09 Å². The normalized spacial score (nSPS) is 38.2. The highest BCUT2D eigenvalue weighted by Crippen LogP contribution is 2.23. The van der Waals surface area contributed by atoms with Crippen LogP contribution in [0.2, 0.25) is 0 Å². The van der Waals surface area contributed by atoms with Crippen LogP contribution in [0, 0.1) is 0 Å². The Labute approximate surface area is 103 Å². The molecule has 1 aliphatic heterocycles. The summed E-state index contributed by atoms with van der Waals surface area (Å²) in [6, 6.07) is 0. The third-order valence-electron chi connectivity index (χ3n) is 2.61. The minimum Gasteiger partial charge on any atom is -0.447 e. The van der Waals surface area contributed by atoms with Crippen LogP contribution in [0.25, 0.3) is 0 Å². The SMILES string of the molecule is COC1O[C@H]([C@@H](O)COC(N)=O)[C@@H](O)[C@H](O)[C@@H]1O. The Morgan fingerprint density at radius 3 is 2.44 bits per heavy atom. The highest BCUT2D eigenvalue weighted by Gasteiger charge is 2.46. The van der Waals surface area contributed by atoms with Gasteiger partial charge in [0.2, 0.25) is 0 Å². The minimum atomic E-state index is -1.56. The van der Waals surface area contributed by atoms with Gasteiger partial charge in [-0.15, -0.1) is 0 Å². The fourth-order valence-corrected chi connectivity index (χ4v) is 1.65. The van der Waals surface area contributed by atoms with Crippen LogP contribution in [0.4, 0.5) is 4.79 Å². The molecular weight excluding hydrogens is 250 g/mol. The summed E-state index contributed by atoms with van der Waals surface area (Å²) in [5, 5.41) is 38.3. The second kappa shape index (κ2) is 6.27. The molecule has 0 spiro atoms. The van der Waals surface area contributed by atoms with Crippen molar-refractivity contribution in [2.75, 3.05) is 13.7 Å². The molecule has 0 aromatic rings. The number of hydrogen-bond acceptors (Lipinski definition) is 8. The van der Waals surface area contributed by atoms with Crippen LogP contribution in [0.5, 0.6) is 0 Å². The van der Waals surface area contributed by atoms with Gasteiger partial charge < -0.3 is 40.4 Å². The molecule has 1 unspecified atom stereocenters. The maximum atomic E-state index is 10.4. The Hall–Kier alpha value is -0.970. The monoisotopic (exact) mass is 267 g/mol. The zero-order chi connectivity index (χ0) is 13.9. The summed E-state index contributed by atoms with van der Waals surface area (Å²) in [4.78, 5) is 10.4. The number of aliphatic hydroxyl groups is 4. The number of methoxy groups -OCH3 is 1. The molecule has 0 bridgehead atoms. The molecule has 1 aliphatic rings. The number of nitrogens with two attached hydrogens (primary N) is 1. The van der Waals surface area contributed by atoms with E-state index in [1.807, 2.05) is 0 Å². The van der Waals surface area contributed by atoms with Gasteiger partial charge in [0.25, 0.3) is 0 Å². The van der Waals surface area contributed by atoms with Crippen molar-refractivity contribution in [2.45, 2.75) is 36.8 Å². The number of carbonyl (C=O) groups excluding carboxylic acids is 1. The average Bonchev–Trinajstić information content (AvgIpc) is 2.33. The van der Waals surface area contributed by atoms with Crippen molar-refractivity contribution in [1.29, 1.82) is 0 Å². The number of rotatable bonds is 4. The predicted molar refractivity (Wildman–Crippen MR) is 55.2 cm³/mol. The molecule has 1 rings (SSSR count). The number of ether oxygens (including phenoxy) is 3.